The number of rotatable bonds is 1. The maximum absolute atomic E-state index is 4.98. The maximum atomic E-state index is 4.98. The Morgan fingerprint density at radius 3 is 2.41 bits per heavy atom. The van der Waals surface area contributed by atoms with Gasteiger partial charge in [-0.15, -0.1) is 0 Å². The molecule has 17 heavy (non-hydrogen) atoms. The van der Waals surface area contributed by atoms with Gasteiger partial charge in [0.25, 0.3) is 0 Å². The average molecular weight is 227 g/mol. The van der Waals surface area contributed by atoms with Crippen molar-refractivity contribution in [1.29, 1.82) is 0 Å². The molecule has 90 valence electrons. The van der Waals surface area contributed by atoms with Crippen molar-refractivity contribution < 1.29 is 0 Å². The lowest BCUT2D eigenvalue weighted by molar-refractivity contribution is 0.333. The fourth-order valence-corrected chi connectivity index (χ4v) is 3.95. The molecule has 0 aromatic heterocycles. The Hall–Kier alpha value is -1.11. The first-order valence-corrected chi connectivity index (χ1v) is 6.67. The first-order chi connectivity index (χ1) is 8.02. The predicted molar refractivity (Wildman–Crippen MR) is 72.8 cm³/mol. The SMILES string of the molecule is CC1(C)C(=Nc2ccccc2)[C@]2(C)CC[C@H]1C2. The van der Waals surface area contributed by atoms with Gasteiger partial charge in [0.05, 0.1) is 5.69 Å². The Bertz CT molecular complexity index is 451. The third kappa shape index (κ3) is 1.55. The highest BCUT2D eigenvalue weighted by molar-refractivity contribution is 5.99. The van der Waals surface area contributed by atoms with Crippen molar-refractivity contribution >= 4 is 11.4 Å². The first-order valence-electron chi connectivity index (χ1n) is 6.67. The summed E-state index contributed by atoms with van der Waals surface area (Å²) < 4.78 is 0. The summed E-state index contributed by atoms with van der Waals surface area (Å²) in [6.45, 7) is 7.16. The zero-order valence-electron chi connectivity index (χ0n) is 11.0. The molecule has 1 heteroatoms. The minimum Gasteiger partial charge on any atom is -0.257 e. The standard InChI is InChI=1S/C16H21N/c1-15(2)12-9-10-16(3,11-12)14(15)17-13-7-5-4-6-8-13/h4-8,12H,9-11H2,1-3H3/t12-,16+/m0/s1. The van der Waals surface area contributed by atoms with E-state index in [2.05, 4.69) is 51.1 Å². The zero-order chi connectivity index (χ0) is 12.1. The lowest BCUT2D eigenvalue weighted by Crippen LogP contribution is -2.35. The van der Waals surface area contributed by atoms with Crippen molar-refractivity contribution in [3.8, 4) is 0 Å². The molecule has 0 radical (unpaired) electrons. The molecule has 0 spiro atoms. The second kappa shape index (κ2) is 3.44. The van der Waals surface area contributed by atoms with Crippen LogP contribution in [-0.4, -0.2) is 5.71 Å². The van der Waals surface area contributed by atoms with E-state index < -0.39 is 0 Å². The Balaban J connectivity index is 2.05. The quantitative estimate of drug-likeness (QED) is 0.664. The highest BCUT2D eigenvalue weighted by atomic mass is 14.8. The molecule has 0 unspecified atom stereocenters. The topological polar surface area (TPSA) is 12.4 Å². The Morgan fingerprint density at radius 2 is 1.82 bits per heavy atom. The van der Waals surface area contributed by atoms with Gasteiger partial charge in [-0.2, -0.15) is 0 Å². The third-order valence-electron chi connectivity index (χ3n) is 4.94. The summed E-state index contributed by atoms with van der Waals surface area (Å²) in [5.74, 6) is 0.843. The van der Waals surface area contributed by atoms with Crippen LogP contribution in [-0.2, 0) is 0 Å². The summed E-state index contributed by atoms with van der Waals surface area (Å²) in [6, 6.07) is 10.4. The molecule has 1 nitrogen and oxygen atoms in total. The number of hydrogen-bond donors (Lipinski definition) is 0. The molecule has 3 rings (SSSR count). The molecule has 2 bridgehead atoms. The second-order valence-electron chi connectivity index (χ2n) is 6.52. The van der Waals surface area contributed by atoms with Crippen LogP contribution >= 0.6 is 0 Å². The summed E-state index contributed by atoms with van der Waals surface area (Å²) in [6.07, 6.45) is 4.05. The fraction of sp³-hybridized carbons (Fsp3) is 0.562. The minimum absolute atomic E-state index is 0.294. The Kier molecular flexibility index (Phi) is 2.23. The van der Waals surface area contributed by atoms with E-state index in [9.17, 15) is 0 Å². The van der Waals surface area contributed by atoms with Crippen LogP contribution in [0.2, 0.25) is 0 Å². The molecule has 2 atom stereocenters. The van der Waals surface area contributed by atoms with Gasteiger partial charge in [0.2, 0.25) is 0 Å². The molecule has 0 N–H and O–H groups in total. The molecule has 2 aliphatic rings. The van der Waals surface area contributed by atoms with Crippen molar-refractivity contribution in [3.63, 3.8) is 0 Å². The molecule has 2 fully saturated rings. The van der Waals surface area contributed by atoms with Gasteiger partial charge in [-0.3, -0.25) is 4.99 Å². The van der Waals surface area contributed by atoms with Crippen LogP contribution in [0, 0.1) is 16.7 Å². The van der Waals surface area contributed by atoms with E-state index in [1.54, 1.807) is 0 Å². The van der Waals surface area contributed by atoms with E-state index in [0.29, 0.717) is 10.8 Å². The van der Waals surface area contributed by atoms with Crippen LogP contribution in [0.5, 0.6) is 0 Å². The monoisotopic (exact) mass is 227 g/mol. The van der Waals surface area contributed by atoms with E-state index in [1.807, 2.05) is 0 Å². The number of hydrogen-bond acceptors (Lipinski definition) is 1. The lowest BCUT2D eigenvalue weighted by atomic mass is 9.71. The van der Waals surface area contributed by atoms with Gasteiger partial charge in [-0.1, -0.05) is 39.0 Å². The van der Waals surface area contributed by atoms with Gasteiger partial charge >= 0.3 is 0 Å². The van der Waals surface area contributed by atoms with Gasteiger partial charge in [-0.25, -0.2) is 0 Å². The molecule has 2 saturated carbocycles. The number of fused-ring (bicyclic) bond motifs is 2. The summed E-state index contributed by atoms with van der Waals surface area (Å²) >= 11 is 0. The summed E-state index contributed by atoms with van der Waals surface area (Å²) in [5.41, 5.74) is 3.21. The number of nitrogens with zero attached hydrogens (tertiary/aromatic N) is 1. The molecule has 1 aromatic carbocycles. The molecule has 0 heterocycles. The van der Waals surface area contributed by atoms with Gasteiger partial charge in [-0.05, 0) is 37.3 Å². The van der Waals surface area contributed by atoms with E-state index in [0.717, 1.165) is 11.6 Å². The Labute approximate surface area is 104 Å². The normalized spacial score (nSPS) is 36.6. The molecular weight excluding hydrogens is 206 g/mol. The van der Waals surface area contributed by atoms with Crippen LogP contribution in [0.25, 0.3) is 0 Å². The lowest BCUT2D eigenvalue weighted by Gasteiger charge is -2.35. The predicted octanol–water partition coefficient (Wildman–Crippen LogP) is 4.61. The van der Waals surface area contributed by atoms with E-state index in [4.69, 9.17) is 4.99 Å². The van der Waals surface area contributed by atoms with Gasteiger partial charge in [0.1, 0.15) is 0 Å². The van der Waals surface area contributed by atoms with Crippen LogP contribution in [0.1, 0.15) is 40.0 Å². The largest absolute Gasteiger partial charge is 0.257 e. The van der Waals surface area contributed by atoms with Crippen molar-refractivity contribution in [2.75, 3.05) is 0 Å². The number of para-hydroxylation sites is 1. The smallest absolute Gasteiger partial charge is 0.0629 e. The van der Waals surface area contributed by atoms with E-state index in [-0.39, 0.29) is 0 Å². The van der Waals surface area contributed by atoms with E-state index in [1.165, 1.54) is 25.0 Å². The van der Waals surface area contributed by atoms with Gasteiger partial charge in [0.15, 0.2) is 0 Å². The maximum Gasteiger partial charge on any atom is 0.0629 e. The zero-order valence-corrected chi connectivity index (χ0v) is 11.0. The van der Waals surface area contributed by atoms with Crippen molar-refractivity contribution in [3.05, 3.63) is 30.3 Å². The second-order valence-corrected chi connectivity index (χ2v) is 6.52. The van der Waals surface area contributed by atoms with Crippen LogP contribution < -0.4 is 0 Å². The van der Waals surface area contributed by atoms with Crippen LogP contribution in [0.15, 0.2) is 35.3 Å². The van der Waals surface area contributed by atoms with Crippen molar-refractivity contribution in [2.45, 2.75) is 40.0 Å². The number of benzene rings is 1. The number of aliphatic imine (C=N–C) groups is 1. The molecule has 0 amide bonds. The summed E-state index contributed by atoms with van der Waals surface area (Å²) in [5, 5.41) is 0. The summed E-state index contributed by atoms with van der Waals surface area (Å²) in [7, 11) is 0. The van der Waals surface area contributed by atoms with Gasteiger partial charge < -0.3 is 0 Å². The highest BCUT2D eigenvalue weighted by Gasteiger charge is 2.56. The van der Waals surface area contributed by atoms with E-state index >= 15 is 0 Å². The van der Waals surface area contributed by atoms with Crippen molar-refractivity contribution in [2.24, 2.45) is 21.7 Å². The molecule has 2 aliphatic carbocycles. The Morgan fingerprint density at radius 1 is 1.12 bits per heavy atom. The molecule has 1 aromatic rings. The summed E-state index contributed by atoms with van der Waals surface area (Å²) in [4.78, 5) is 4.98. The minimum atomic E-state index is 0.294. The van der Waals surface area contributed by atoms with Crippen molar-refractivity contribution in [1.82, 2.24) is 0 Å². The highest BCUT2D eigenvalue weighted by Crippen LogP contribution is 2.60. The first kappa shape index (κ1) is 11.0. The average Bonchev–Trinajstić information content (AvgIpc) is 2.77. The molecule has 0 aliphatic heterocycles. The van der Waals surface area contributed by atoms with Gasteiger partial charge in [0, 0.05) is 16.5 Å². The van der Waals surface area contributed by atoms with Crippen LogP contribution in [0.3, 0.4) is 0 Å². The third-order valence-corrected chi connectivity index (χ3v) is 4.94. The molecular formula is C16H21N. The fourth-order valence-electron chi connectivity index (χ4n) is 3.95. The molecule has 0 saturated heterocycles. The van der Waals surface area contributed by atoms with Crippen LogP contribution in [0.4, 0.5) is 5.69 Å².